The molecular formula is C8H9F3O4S2. The monoisotopic (exact) mass is 290 g/mol. The third-order valence-electron chi connectivity index (χ3n) is 2.75. The van der Waals surface area contributed by atoms with E-state index in [0.29, 0.717) is 11.5 Å². The first kappa shape index (κ1) is 12.9. The maximum atomic E-state index is 12.1. The zero-order valence-corrected chi connectivity index (χ0v) is 10.1. The lowest BCUT2D eigenvalue weighted by atomic mass is 10.0. The van der Waals surface area contributed by atoms with Crippen LogP contribution in [-0.2, 0) is 25.1 Å². The summed E-state index contributed by atoms with van der Waals surface area (Å²) in [7, 11) is -6.53. The van der Waals surface area contributed by atoms with Crippen molar-refractivity contribution in [3.8, 4) is 0 Å². The summed E-state index contributed by atoms with van der Waals surface area (Å²) in [4.78, 5) is 0. The molecular weight excluding hydrogens is 281 g/mol. The summed E-state index contributed by atoms with van der Waals surface area (Å²) in [5, 5.41) is 0. The molecule has 2 rings (SSSR count). The lowest BCUT2D eigenvalue weighted by molar-refractivity contribution is -0.0523. The van der Waals surface area contributed by atoms with Gasteiger partial charge in [-0.3, -0.25) is 4.21 Å². The van der Waals surface area contributed by atoms with Gasteiger partial charge in [-0.25, -0.2) is 0 Å². The minimum Gasteiger partial charge on any atom is -0.381 e. The summed E-state index contributed by atoms with van der Waals surface area (Å²) in [5.74, 6) is 0.376. The molecule has 1 saturated heterocycles. The van der Waals surface area contributed by atoms with Gasteiger partial charge < -0.3 is 4.18 Å². The minimum absolute atomic E-state index is 0.0609. The molecule has 0 aromatic carbocycles. The van der Waals surface area contributed by atoms with Crippen LogP contribution in [-0.4, -0.2) is 29.6 Å². The summed E-state index contributed by atoms with van der Waals surface area (Å²) in [6.07, 6.45) is 1.45. The average Bonchev–Trinajstić information content (AvgIpc) is 2.57. The molecule has 2 aliphatic rings. The van der Waals surface area contributed by atoms with Crippen LogP contribution in [0.25, 0.3) is 0 Å². The van der Waals surface area contributed by atoms with Crippen LogP contribution in [0.2, 0.25) is 0 Å². The maximum absolute atomic E-state index is 12.1. The molecule has 0 aromatic rings. The molecule has 17 heavy (non-hydrogen) atoms. The molecule has 9 heteroatoms. The minimum atomic E-state index is -5.57. The number of halogens is 3. The van der Waals surface area contributed by atoms with Gasteiger partial charge in [-0.05, 0) is 17.9 Å². The van der Waals surface area contributed by atoms with Gasteiger partial charge in [-0.1, -0.05) is 0 Å². The molecule has 98 valence electrons. The lowest BCUT2D eigenvalue weighted by Crippen LogP contribution is -2.25. The van der Waals surface area contributed by atoms with Crippen LogP contribution in [0.15, 0.2) is 11.8 Å². The van der Waals surface area contributed by atoms with Crippen molar-refractivity contribution in [2.45, 2.75) is 11.9 Å². The molecule has 1 aliphatic carbocycles. The van der Waals surface area contributed by atoms with E-state index in [1.54, 1.807) is 0 Å². The quantitative estimate of drug-likeness (QED) is 0.565. The Morgan fingerprint density at radius 2 is 2.00 bits per heavy atom. The largest absolute Gasteiger partial charge is 0.534 e. The van der Waals surface area contributed by atoms with Crippen LogP contribution in [0.5, 0.6) is 0 Å². The third kappa shape index (κ3) is 2.49. The van der Waals surface area contributed by atoms with Crippen LogP contribution in [0.3, 0.4) is 0 Å². The molecule has 1 fully saturated rings. The number of hydrogen-bond donors (Lipinski definition) is 0. The normalized spacial score (nSPS) is 33.4. The molecule has 3 atom stereocenters. The first-order valence-electron chi connectivity index (χ1n) is 4.75. The number of fused-ring (bicyclic) bond motifs is 1. The second-order valence-corrected chi connectivity index (χ2v) is 7.10. The SMILES string of the molecule is O=S1CC2C=C(OS(=O)(=O)C(F)(F)F)CC2C1. The number of alkyl halides is 3. The van der Waals surface area contributed by atoms with Gasteiger partial charge in [0.15, 0.2) is 0 Å². The van der Waals surface area contributed by atoms with Crippen LogP contribution in [0.4, 0.5) is 13.2 Å². The van der Waals surface area contributed by atoms with Crippen molar-refractivity contribution in [3.05, 3.63) is 11.8 Å². The van der Waals surface area contributed by atoms with Crippen LogP contribution < -0.4 is 0 Å². The topological polar surface area (TPSA) is 60.4 Å². The van der Waals surface area contributed by atoms with Crippen molar-refractivity contribution in [2.75, 3.05) is 11.5 Å². The fourth-order valence-corrected chi connectivity index (χ4v) is 4.27. The Bertz CT molecular complexity index is 479. The Labute approximate surface area is 98.4 Å². The van der Waals surface area contributed by atoms with Crippen molar-refractivity contribution >= 4 is 20.9 Å². The van der Waals surface area contributed by atoms with Gasteiger partial charge in [0, 0.05) is 28.7 Å². The van der Waals surface area contributed by atoms with E-state index in [-0.39, 0.29) is 24.0 Å². The highest BCUT2D eigenvalue weighted by Crippen LogP contribution is 2.39. The fourth-order valence-electron chi connectivity index (χ4n) is 1.99. The molecule has 1 heterocycles. The van der Waals surface area contributed by atoms with Crippen molar-refractivity contribution in [1.29, 1.82) is 0 Å². The highest BCUT2D eigenvalue weighted by atomic mass is 32.2. The molecule has 0 N–H and O–H groups in total. The third-order valence-corrected chi connectivity index (χ3v) is 5.30. The van der Waals surface area contributed by atoms with E-state index in [0.717, 1.165) is 0 Å². The van der Waals surface area contributed by atoms with Gasteiger partial charge in [-0.15, -0.1) is 0 Å². The lowest BCUT2D eigenvalue weighted by Gasteiger charge is -2.10. The van der Waals surface area contributed by atoms with Gasteiger partial charge in [0.25, 0.3) is 0 Å². The van der Waals surface area contributed by atoms with Gasteiger partial charge >= 0.3 is 15.6 Å². The highest BCUT2D eigenvalue weighted by Gasteiger charge is 2.50. The molecule has 0 aromatic heterocycles. The first-order chi connectivity index (χ1) is 7.69. The van der Waals surface area contributed by atoms with Gasteiger partial charge in [0.2, 0.25) is 0 Å². The van der Waals surface area contributed by atoms with Crippen LogP contribution in [0.1, 0.15) is 6.42 Å². The van der Waals surface area contributed by atoms with Gasteiger partial charge in [-0.2, -0.15) is 21.6 Å². The predicted octanol–water partition coefficient (Wildman–Crippen LogP) is 1.13. The molecule has 1 aliphatic heterocycles. The number of hydrogen-bond acceptors (Lipinski definition) is 4. The van der Waals surface area contributed by atoms with E-state index in [1.807, 2.05) is 0 Å². The molecule has 0 bridgehead atoms. The first-order valence-corrected chi connectivity index (χ1v) is 7.65. The number of rotatable bonds is 2. The molecule has 0 amide bonds. The van der Waals surface area contributed by atoms with Crippen molar-refractivity contribution in [1.82, 2.24) is 0 Å². The average molecular weight is 290 g/mol. The smallest absolute Gasteiger partial charge is 0.381 e. The van der Waals surface area contributed by atoms with E-state index in [2.05, 4.69) is 4.18 Å². The van der Waals surface area contributed by atoms with E-state index in [4.69, 9.17) is 0 Å². The Morgan fingerprint density at radius 1 is 1.35 bits per heavy atom. The summed E-state index contributed by atoms with van der Waals surface area (Å²) >= 11 is 0. The zero-order valence-electron chi connectivity index (χ0n) is 8.44. The van der Waals surface area contributed by atoms with Crippen LogP contribution in [0, 0.1) is 11.8 Å². The van der Waals surface area contributed by atoms with E-state index >= 15 is 0 Å². The molecule has 0 radical (unpaired) electrons. The summed E-state index contributed by atoms with van der Waals surface area (Å²) in [5.41, 5.74) is -5.41. The predicted molar refractivity (Wildman–Crippen MR) is 53.6 cm³/mol. The second-order valence-electron chi connectivity index (χ2n) is 4.02. The Balaban J connectivity index is 2.09. The van der Waals surface area contributed by atoms with Crippen molar-refractivity contribution < 1.29 is 30.0 Å². The van der Waals surface area contributed by atoms with Crippen molar-refractivity contribution in [2.24, 2.45) is 11.8 Å². The molecule has 0 saturated carbocycles. The summed E-state index contributed by atoms with van der Waals surface area (Å²) in [6, 6.07) is 0. The maximum Gasteiger partial charge on any atom is 0.534 e. The fraction of sp³-hybridized carbons (Fsp3) is 0.750. The van der Waals surface area contributed by atoms with Crippen molar-refractivity contribution in [3.63, 3.8) is 0 Å². The van der Waals surface area contributed by atoms with Gasteiger partial charge in [0.05, 0.1) is 0 Å². The second kappa shape index (κ2) is 3.98. The standard InChI is InChI=1S/C8H9F3O4S2/c9-8(10,11)17(13,14)15-7-1-5-3-16(12)4-6(5)2-7/h1,5-6H,2-4H2. The summed E-state index contributed by atoms with van der Waals surface area (Å²) < 4.78 is 72.8. The Hall–Kier alpha value is -0.570. The molecule has 4 nitrogen and oxygen atoms in total. The van der Waals surface area contributed by atoms with E-state index in [1.165, 1.54) is 6.08 Å². The van der Waals surface area contributed by atoms with E-state index < -0.39 is 26.4 Å². The zero-order chi connectivity index (χ0) is 12.8. The Morgan fingerprint density at radius 3 is 2.53 bits per heavy atom. The van der Waals surface area contributed by atoms with Gasteiger partial charge in [0.1, 0.15) is 5.76 Å². The van der Waals surface area contributed by atoms with E-state index in [9.17, 15) is 25.8 Å². The van der Waals surface area contributed by atoms with Crippen LogP contribution >= 0.6 is 0 Å². The highest BCUT2D eigenvalue weighted by molar-refractivity contribution is 7.87. The Kier molecular flexibility index (Phi) is 3.01. The number of allylic oxidation sites excluding steroid dienone is 2. The molecule has 0 spiro atoms. The molecule has 3 unspecified atom stereocenters. The summed E-state index contributed by atoms with van der Waals surface area (Å²) in [6.45, 7) is 0.